The fourth-order valence-corrected chi connectivity index (χ4v) is 7.31. The predicted molar refractivity (Wildman–Crippen MR) is 190 cm³/mol. The summed E-state index contributed by atoms with van der Waals surface area (Å²) < 4.78 is 0. The molecule has 0 aliphatic rings. The first-order chi connectivity index (χ1) is 22.8. The van der Waals surface area contributed by atoms with Gasteiger partial charge in [0, 0.05) is 40.5 Å². The van der Waals surface area contributed by atoms with Gasteiger partial charge in [-0.05, 0) is 78.5 Å². The zero-order valence-electron chi connectivity index (χ0n) is 24.6. The molecule has 3 heterocycles. The summed E-state index contributed by atoms with van der Waals surface area (Å²) in [6, 6.07) is 45.5. The molecule has 0 saturated carbocycles. The zero-order valence-corrected chi connectivity index (χ0v) is 24.6. The molecule has 4 nitrogen and oxygen atoms in total. The van der Waals surface area contributed by atoms with Crippen molar-refractivity contribution in [2.75, 3.05) is 0 Å². The molecule has 0 spiro atoms. The first kappa shape index (κ1) is 25.1. The van der Waals surface area contributed by atoms with E-state index in [0.717, 1.165) is 44.5 Å². The number of hydrogen-bond donors (Lipinski definition) is 0. The van der Waals surface area contributed by atoms with Gasteiger partial charge in [0.25, 0.3) is 0 Å². The maximum Gasteiger partial charge on any atom is 0.159 e. The minimum atomic E-state index is 0.744. The van der Waals surface area contributed by atoms with Gasteiger partial charge in [-0.2, -0.15) is 0 Å². The first-order valence-electron chi connectivity index (χ1n) is 15.5. The van der Waals surface area contributed by atoms with Gasteiger partial charge in [-0.3, -0.25) is 4.98 Å². The summed E-state index contributed by atoms with van der Waals surface area (Å²) in [6.45, 7) is 0. The summed E-state index contributed by atoms with van der Waals surface area (Å²) in [4.78, 5) is 19.0. The van der Waals surface area contributed by atoms with Crippen molar-refractivity contribution in [2.45, 2.75) is 0 Å². The van der Waals surface area contributed by atoms with Crippen LogP contribution in [-0.4, -0.2) is 19.9 Å². The van der Waals surface area contributed by atoms with Gasteiger partial charge in [0.1, 0.15) is 0 Å². The molecule has 212 valence electrons. The Labute approximate surface area is 264 Å². The van der Waals surface area contributed by atoms with Crippen LogP contribution < -0.4 is 0 Å². The van der Waals surface area contributed by atoms with Crippen LogP contribution in [0, 0.1) is 0 Å². The third-order valence-electron chi connectivity index (χ3n) is 9.39. The van der Waals surface area contributed by atoms with Crippen molar-refractivity contribution >= 4 is 64.9 Å². The zero-order chi connectivity index (χ0) is 30.2. The fraction of sp³-hybridized carbons (Fsp3) is 0. The molecule has 10 rings (SSSR count). The number of pyridine rings is 2. The Bertz CT molecular complexity index is 2810. The summed E-state index contributed by atoms with van der Waals surface area (Å²) in [7, 11) is 0. The first-order valence-corrected chi connectivity index (χ1v) is 15.5. The third kappa shape index (κ3) is 3.61. The van der Waals surface area contributed by atoms with Crippen LogP contribution in [0.15, 0.2) is 146 Å². The molecule has 0 amide bonds. The van der Waals surface area contributed by atoms with Crippen molar-refractivity contribution in [2.24, 2.45) is 0 Å². The second kappa shape index (κ2) is 9.62. The van der Waals surface area contributed by atoms with Crippen LogP contribution in [0.1, 0.15) is 0 Å². The van der Waals surface area contributed by atoms with Gasteiger partial charge >= 0.3 is 0 Å². The highest BCUT2D eigenvalue weighted by Crippen LogP contribution is 2.43. The summed E-state index contributed by atoms with van der Waals surface area (Å²) in [5.41, 5.74) is 7.38. The minimum Gasteiger partial charge on any atom is -0.254 e. The van der Waals surface area contributed by atoms with Crippen LogP contribution in [0.5, 0.6) is 0 Å². The summed E-state index contributed by atoms with van der Waals surface area (Å²) in [5.74, 6) is 0.744. The van der Waals surface area contributed by atoms with E-state index in [2.05, 4.69) is 130 Å². The quantitative estimate of drug-likeness (QED) is 0.194. The molecule has 0 N–H and O–H groups in total. The van der Waals surface area contributed by atoms with Gasteiger partial charge in [0.05, 0.1) is 16.7 Å². The Hall–Kier alpha value is -6.26. The van der Waals surface area contributed by atoms with Crippen LogP contribution in [0.25, 0.3) is 98.7 Å². The van der Waals surface area contributed by atoms with E-state index in [9.17, 15) is 0 Å². The standard InChI is InChI=1S/C42H24N4/c1-6-30(29-7-2-9-33(31(29)8-1)37-21-16-28-11-10-27-5-3-22-43-40(27)41(28)46-37)32-17-12-25-14-19-35-36(42-44-23-4-24-45-42)20-15-26-13-18-34(32)38(25)39(26)35/h1-24H. The Balaban J connectivity index is 1.21. The Morgan fingerprint density at radius 1 is 0.326 bits per heavy atom. The maximum absolute atomic E-state index is 5.19. The van der Waals surface area contributed by atoms with Crippen LogP contribution in [0.2, 0.25) is 0 Å². The van der Waals surface area contributed by atoms with E-state index in [1.807, 2.05) is 18.3 Å². The number of benzene rings is 7. The molecule has 0 radical (unpaired) electrons. The van der Waals surface area contributed by atoms with Crippen molar-refractivity contribution in [3.8, 4) is 33.8 Å². The normalized spacial score (nSPS) is 11.9. The predicted octanol–water partition coefficient (Wildman–Crippen LogP) is 10.6. The fourth-order valence-electron chi connectivity index (χ4n) is 7.31. The highest BCUT2D eigenvalue weighted by Gasteiger charge is 2.17. The molecule has 0 bridgehead atoms. The highest BCUT2D eigenvalue weighted by molar-refractivity contribution is 6.28. The van der Waals surface area contributed by atoms with Gasteiger partial charge in [0.2, 0.25) is 0 Å². The molecule has 7 aromatic carbocycles. The van der Waals surface area contributed by atoms with Gasteiger partial charge in [0.15, 0.2) is 5.82 Å². The average Bonchev–Trinajstić information content (AvgIpc) is 3.13. The van der Waals surface area contributed by atoms with Crippen LogP contribution in [-0.2, 0) is 0 Å². The average molecular weight is 585 g/mol. The Morgan fingerprint density at radius 3 is 1.67 bits per heavy atom. The molecule has 0 aliphatic heterocycles. The molecule has 3 aromatic heterocycles. The van der Waals surface area contributed by atoms with Crippen molar-refractivity contribution in [3.05, 3.63) is 146 Å². The molecule has 0 unspecified atom stereocenters. The smallest absolute Gasteiger partial charge is 0.159 e. The second-order valence-electron chi connectivity index (χ2n) is 11.8. The maximum atomic E-state index is 5.19. The molecule has 10 aromatic rings. The van der Waals surface area contributed by atoms with Gasteiger partial charge in [-0.15, -0.1) is 0 Å². The number of fused-ring (bicyclic) bond motifs is 4. The summed E-state index contributed by atoms with van der Waals surface area (Å²) >= 11 is 0. The van der Waals surface area contributed by atoms with Crippen molar-refractivity contribution < 1.29 is 0 Å². The molecule has 0 fully saturated rings. The van der Waals surface area contributed by atoms with Crippen molar-refractivity contribution in [3.63, 3.8) is 0 Å². The lowest BCUT2D eigenvalue weighted by molar-refractivity contribution is 1.18. The lowest BCUT2D eigenvalue weighted by atomic mass is 9.87. The number of aromatic nitrogens is 4. The van der Waals surface area contributed by atoms with Crippen LogP contribution in [0.4, 0.5) is 0 Å². The van der Waals surface area contributed by atoms with Gasteiger partial charge in [-0.1, -0.05) is 103 Å². The van der Waals surface area contributed by atoms with E-state index in [4.69, 9.17) is 4.98 Å². The lowest BCUT2D eigenvalue weighted by Crippen LogP contribution is -1.92. The van der Waals surface area contributed by atoms with E-state index in [1.54, 1.807) is 12.4 Å². The number of rotatable bonds is 3. The summed E-state index contributed by atoms with van der Waals surface area (Å²) in [5, 5.41) is 11.9. The van der Waals surface area contributed by atoms with Crippen molar-refractivity contribution in [1.29, 1.82) is 0 Å². The van der Waals surface area contributed by atoms with E-state index < -0.39 is 0 Å². The van der Waals surface area contributed by atoms with Crippen molar-refractivity contribution in [1.82, 2.24) is 19.9 Å². The second-order valence-corrected chi connectivity index (χ2v) is 11.8. The van der Waals surface area contributed by atoms with Crippen LogP contribution >= 0.6 is 0 Å². The summed E-state index contributed by atoms with van der Waals surface area (Å²) in [6.07, 6.45) is 5.45. The van der Waals surface area contributed by atoms with E-state index in [0.29, 0.717) is 0 Å². The molecule has 4 heteroatoms. The SMILES string of the molecule is c1cnc(-c2ccc3ccc4c(-c5cccc6c(-c7ccc8ccc9cccnc9c8n7)cccc56)ccc5ccc2c3c54)nc1. The third-order valence-corrected chi connectivity index (χ3v) is 9.39. The Morgan fingerprint density at radius 2 is 0.891 bits per heavy atom. The molecule has 0 atom stereocenters. The molecular formula is C42H24N4. The molecule has 0 saturated heterocycles. The van der Waals surface area contributed by atoms with Crippen LogP contribution in [0.3, 0.4) is 0 Å². The van der Waals surface area contributed by atoms with E-state index in [1.165, 1.54) is 54.2 Å². The van der Waals surface area contributed by atoms with Gasteiger partial charge < -0.3 is 0 Å². The van der Waals surface area contributed by atoms with E-state index >= 15 is 0 Å². The molecule has 0 aliphatic carbocycles. The largest absolute Gasteiger partial charge is 0.254 e. The number of hydrogen-bond acceptors (Lipinski definition) is 4. The lowest BCUT2D eigenvalue weighted by Gasteiger charge is -2.17. The monoisotopic (exact) mass is 584 g/mol. The molecular weight excluding hydrogens is 560 g/mol. The Kier molecular flexibility index (Phi) is 5.25. The molecule has 46 heavy (non-hydrogen) atoms. The van der Waals surface area contributed by atoms with E-state index in [-0.39, 0.29) is 0 Å². The highest BCUT2D eigenvalue weighted by atomic mass is 14.9. The topological polar surface area (TPSA) is 51.6 Å². The van der Waals surface area contributed by atoms with Gasteiger partial charge in [-0.25, -0.2) is 15.0 Å². The number of nitrogens with zero attached hydrogens (tertiary/aromatic N) is 4. The minimum absolute atomic E-state index is 0.744.